The Bertz CT molecular complexity index is 477. The van der Waals surface area contributed by atoms with E-state index in [-0.39, 0.29) is 23.5 Å². The molecule has 7 nitrogen and oxygen atoms in total. The summed E-state index contributed by atoms with van der Waals surface area (Å²) in [7, 11) is 2.41. The number of methoxy groups -OCH3 is 2. The Labute approximate surface area is 109 Å². The van der Waals surface area contributed by atoms with Gasteiger partial charge in [-0.3, -0.25) is 4.79 Å². The molecule has 1 rings (SSSR count). The van der Waals surface area contributed by atoms with Crippen LogP contribution < -0.4 is 10.5 Å². The summed E-state index contributed by atoms with van der Waals surface area (Å²) < 4.78 is 14.1. The van der Waals surface area contributed by atoms with Crippen LogP contribution in [0, 0.1) is 0 Å². The number of esters is 2. The second-order valence-corrected chi connectivity index (χ2v) is 3.48. The van der Waals surface area contributed by atoms with E-state index in [0.29, 0.717) is 0 Å². The van der Waals surface area contributed by atoms with Crippen molar-refractivity contribution in [3.63, 3.8) is 0 Å². The monoisotopic (exact) mass is 267 g/mol. The second-order valence-electron chi connectivity index (χ2n) is 3.48. The molecule has 0 atom stereocenters. The fraction of sp³-hybridized carbons (Fsp3) is 0.250. The van der Waals surface area contributed by atoms with E-state index in [1.165, 1.54) is 32.4 Å². The highest BCUT2D eigenvalue weighted by Gasteiger charge is 2.14. The summed E-state index contributed by atoms with van der Waals surface area (Å²) in [6.45, 7) is -0.370. The molecule has 0 aliphatic carbocycles. The topological polar surface area (TPSA) is 105 Å². The van der Waals surface area contributed by atoms with Gasteiger partial charge in [-0.05, 0) is 18.2 Å². The molecule has 102 valence electrons. The van der Waals surface area contributed by atoms with E-state index >= 15 is 0 Å². The number of amides is 1. The maximum atomic E-state index is 11.4. The van der Waals surface area contributed by atoms with Gasteiger partial charge in [0.25, 0.3) is 5.91 Å². The molecule has 2 N–H and O–H groups in total. The normalized spacial score (nSPS) is 9.58. The standard InChI is InChI=1S/C12H13NO6/c1-17-11(15)7-3-8(12(16)18-2)5-9(4-7)19-6-10(13)14/h3-5H,6H2,1-2H3,(H2,13,14). The number of hydrogen-bond acceptors (Lipinski definition) is 6. The van der Waals surface area contributed by atoms with Crippen molar-refractivity contribution in [1.29, 1.82) is 0 Å². The van der Waals surface area contributed by atoms with Gasteiger partial charge in [0.05, 0.1) is 25.3 Å². The van der Waals surface area contributed by atoms with Gasteiger partial charge in [0, 0.05) is 0 Å². The van der Waals surface area contributed by atoms with Crippen LogP contribution in [0.2, 0.25) is 0 Å². The van der Waals surface area contributed by atoms with E-state index in [1.807, 2.05) is 0 Å². The van der Waals surface area contributed by atoms with Crippen LogP contribution >= 0.6 is 0 Å². The van der Waals surface area contributed by atoms with E-state index in [4.69, 9.17) is 10.5 Å². The molecular formula is C12H13NO6. The van der Waals surface area contributed by atoms with Gasteiger partial charge in [-0.25, -0.2) is 9.59 Å². The summed E-state index contributed by atoms with van der Waals surface area (Å²) in [5, 5.41) is 0. The van der Waals surface area contributed by atoms with Gasteiger partial charge in [0.15, 0.2) is 6.61 Å². The molecule has 0 aliphatic heterocycles. The molecular weight excluding hydrogens is 254 g/mol. The van der Waals surface area contributed by atoms with Crippen LogP contribution in [0.15, 0.2) is 18.2 Å². The Morgan fingerprint density at radius 3 is 1.84 bits per heavy atom. The van der Waals surface area contributed by atoms with E-state index in [0.717, 1.165) is 0 Å². The second kappa shape index (κ2) is 6.39. The quantitative estimate of drug-likeness (QED) is 0.760. The fourth-order valence-electron chi connectivity index (χ4n) is 1.31. The number of nitrogens with two attached hydrogens (primary N) is 1. The number of rotatable bonds is 5. The third-order valence-electron chi connectivity index (χ3n) is 2.13. The van der Waals surface area contributed by atoms with E-state index in [2.05, 4.69) is 9.47 Å². The molecule has 0 aliphatic rings. The Kier molecular flexibility index (Phi) is 4.87. The molecule has 0 bridgehead atoms. The van der Waals surface area contributed by atoms with Crippen molar-refractivity contribution in [2.75, 3.05) is 20.8 Å². The molecule has 0 saturated heterocycles. The van der Waals surface area contributed by atoms with E-state index in [1.54, 1.807) is 0 Å². The van der Waals surface area contributed by atoms with E-state index in [9.17, 15) is 14.4 Å². The summed E-state index contributed by atoms with van der Waals surface area (Å²) in [6, 6.07) is 3.97. The predicted molar refractivity (Wildman–Crippen MR) is 63.8 cm³/mol. The Morgan fingerprint density at radius 1 is 1.00 bits per heavy atom. The lowest BCUT2D eigenvalue weighted by Crippen LogP contribution is -2.20. The molecule has 0 fully saturated rings. The first-order valence-electron chi connectivity index (χ1n) is 5.20. The van der Waals surface area contributed by atoms with Crippen molar-refractivity contribution in [1.82, 2.24) is 0 Å². The zero-order valence-electron chi connectivity index (χ0n) is 10.5. The maximum Gasteiger partial charge on any atom is 0.338 e. The summed E-state index contributed by atoms with van der Waals surface area (Å²) in [6.07, 6.45) is 0. The molecule has 0 unspecified atom stereocenters. The molecule has 0 spiro atoms. The highest BCUT2D eigenvalue weighted by Crippen LogP contribution is 2.19. The largest absolute Gasteiger partial charge is 0.484 e. The van der Waals surface area contributed by atoms with Crippen LogP contribution in [-0.4, -0.2) is 38.7 Å². The summed E-state index contributed by atoms with van der Waals surface area (Å²) >= 11 is 0. The Balaban J connectivity index is 3.12. The molecule has 0 radical (unpaired) electrons. The Hall–Kier alpha value is -2.57. The van der Waals surface area contributed by atoms with Crippen molar-refractivity contribution < 1.29 is 28.6 Å². The zero-order chi connectivity index (χ0) is 14.4. The molecule has 0 saturated carbocycles. The lowest BCUT2D eigenvalue weighted by Gasteiger charge is -2.08. The van der Waals surface area contributed by atoms with Crippen LogP contribution in [0.4, 0.5) is 0 Å². The van der Waals surface area contributed by atoms with E-state index < -0.39 is 17.8 Å². The van der Waals surface area contributed by atoms with Crippen molar-refractivity contribution >= 4 is 17.8 Å². The Morgan fingerprint density at radius 2 is 1.47 bits per heavy atom. The van der Waals surface area contributed by atoms with Crippen LogP contribution in [0.5, 0.6) is 5.75 Å². The molecule has 0 heterocycles. The summed E-state index contributed by atoms with van der Waals surface area (Å²) in [5.41, 5.74) is 5.14. The summed E-state index contributed by atoms with van der Waals surface area (Å²) in [5.74, 6) is -1.82. The number of benzene rings is 1. The first-order chi connectivity index (χ1) is 8.97. The average Bonchev–Trinajstić information content (AvgIpc) is 2.42. The van der Waals surface area contributed by atoms with Gasteiger partial charge in [-0.15, -0.1) is 0 Å². The van der Waals surface area contributed by atoms with Crippen molar-refractivity contribution in [2.24, 2.45) is 5.73 Å². The van der Waals surface area contributed by atoms with Gasteiger partial charge < -0.3 is 19.9 Å². The SMILES string of the molecule is COC(=O)c1cc(OCC(N)=O)cc(C(=O)OC)c1. The smallest absolute Gasteiger partial charge is 0.338 e. The number of primary amides is 1. The zero-order valence-corrected chi connectivity index (χ0v) is 10.5. The molecule has 19 heavy (non-hydrogen) atoms. The van der Waals surface area contributed by atoms with Crippen LogP contribution in [-0.2, 0) is 14.3 Å². The first-order valence-corrected chi connectivity index (χ1v) is 5.20. The molecule has 1 aromatic carbocycles. The van der Waals surface area contributed by atoms with Crippen molar-refractivity contribution in [3.05, 3.63) is 29.3 Å². The molecule has 1 aromatic rings. The third-order valence-corrected chi connectivity index (χ3v) is 2.13. The third kappa shape index (κ3) is 3.98. The average molecular weight is 267 g/mol. The minimum absolute atomic E-state index is 0.102. The first kappa shape index (κ1) is 14.5. The predicted octanol–water partition coefficient (Wildman–Crippen LogP) is 0.124. The molecule has 0 aromatic heterocycles. The minimum Gasteiger partial charge on any atom is -0.484 e. The molecule has 7 heteroatoms. The lowest BCUT2D eigenvalue weighted by molar-refractivity contribution is -0.119. The summed E-state index contributed by atoms with van der Waals surface area (Å²) in [4.78, 5) is 33.5. The van der Waals surface area contributed by atoms with Gasteiger partial charge in [-0.1, -0.05) is 0 Å². The van der Waals surface area contributed by atoms with Gasteiger partial charge >= 0.3 is 11.9 Å². The van der Waals surface area contributed by atoms with Gasteiger partial charge in [-0.2, -0.15) is 0 Å². The molecule has 1 amide bonds. The van der Waals surface area contributed by atoms with Crippen molar-refractivity contribution in [2.45, 2.75) is 0 Å². The number of carbonyl (C=O) groups is 3. The minimum atomic E-state index is -0.678. The maximum absolute atomic E-state index is 11.4. The number of carbonyl (C=O) groups excluding carboxylic acids is 3. The van der Waals surface area contributed by atoms with Crippen molar-refractivity contribution in [3.8, 4) is 5.75 Å². The van der Waals surface area contributed by atoms with Gasteiger partial charge in [0.2, 0.25) is 0 Å². The van der Waals surface area contributed by atoms with Gasteiger partial charge in [0.1, 0.15) is 5.75 Å². The number of ether oxygens (including phenoxy) is 3. The van der Waals surface area contributed by atoms with Crippen LogP contribution in [0.3, 0.4) is 0 Å². The highest BCUT2D eigenvalue weighted by molar-refractivity contribution is 5.96. The number of hydrogen-bond donors (Lipinski definition) is 1. The fourth-order valence-corrected chi connectivity index (χ4v) is 1.31. The lowest BCUT2D eigenvalue weighted by atomic mass is 10.1. The van der Waals surface area contributed by atoms with Crippen LogP contribution in [0.1, 0.15) is 20.7 Å². The van der Waals surface area contributed by atoms with Crippen LogP contribution in [0.25, 0.3) is 0 Å². The highest BCUT2D eigenvalue weighted by atomic mass is 16.5.